The molecule has 0 aromatic heterocycles. The summed E-state index contributed by atoms with van der Waals surface area (Å²) in [6, 6.07) is 14.9. The van der Waals surface area contributed by atoms with Crippen molar-refractivity contribution < 1.29 is 33.7 Å². The van der Waals surface area contributed by atoms with Crippen molar-refractivity contribution in [3.63, 3.8) is 0 Å². The summed E-state index contributed by atoms with van der Waals surface area (Å²) < 4.78 is 14.6. The number of nitrogens with two attached hydrogens (primary N) is 1. The Morgan fingerprint density at radius 2 is 1.35 bits per heavy atom. The lowest BCUT2D eigenvalue weighted by atomic mass is 10.1. The molecule has 0 fully saturated rings. The van der Waals surface area contributed by atoms with Crippen molar-refractivity contribution in [3.8, 4) is 5.75 Å². The van der Waals surface area contributed by atoms with Gasteiger partial charge in [0.2, 0.25) is 0 Å². The van der Waals surface area contributed by atoms with Crippen molar-refractivity contribution in [2.75, 3.05) is 26.9 Å². The largest absolute Gasteiger partial charge is 0.497 e. The van der Waals surface area contributed by atoms with Crippen molar-refractivity contribution >= 4 is 18.2 Å². The van der Waals surface area contributed by atoms with E-state index in [4.69, 9.17) is 20.3 Å². The van der Waals surface area contributed by atoms with Gasteiger partial charge in [-0.05, 0) is 69.3 Å². The van der Waals surface area contributed by atoms with Crippen LogP contribution in [0.1, 0.15) is 73.9 Å². The van der Waals surface area contributed by atoms with Gasteiger partial charge in [0.05, 0.1) is 26.9 Å². The third-order valence-corrected chi connectivity index (χ3v) is 5.00. The number of aliphatic hydroxyl groups excluding tert-OH is 1. The van der Waals surface area contributed by atoms with E-state index in [9.17, 15) is 14.4 Å². The van der Waals surface area contributed by atoms with Crippen LogP contribution in [0.25, 0.3) is 0 Å². The number of hydrogen-bond donors (Lipinski definition) is 2. The van der Waals surface area contributed by atoms with E-state index in [0.717, 1.165) is 49.7 Å². The van der Waals surface area contributed by atoms with Gasteiger partial charge in [0.15, 0.2) is 0 Å². The topological polar surface area (TPSA) is 125 Å². The molecule has 2 aromatic carbocycles. The minimum absolute atomic E-state index is 0.0269. The smallest absolute Gasteiger partial charge is 0.305 e. The van der Waals surface area contributed by atoms with E-state index < -0.39 is 0 Å². The van der Waals surface area contributed by atoms with E-state index in [1.165, 1.54) is 5.56 Å². The third-order valence-electron chi connectivity index (χ3n) is 5.00. The highest BCUT2D eigenvalue weighted by Crippen LogP contribution is 2.14. The maximum atomic E-state index is 11.1. The number of benzene rings is 2. The molecule has 0 aliphatic heterocycles. The molecule has 0 atom stereocenters. The highest BCUT2D eigenvalue weighted by Gasteiger charge is 2.01. The summed E-state index contributed by atoms with van der Waals surface area (Å²) in [5.74, 6) is 0.658. The molecule has 3 N–H and O–H groups in total. The van der Waals surface area contributed by atoms with Crippen LogP contribution in [0.3, 0.4) is 0 Å². The lowest BCUT2D eigenvalue weighted by Crippen LogP contribution is -2.07. The zero-order valence-corrected chi connectivity index (χ0v) is 22.4. The van der Waals surface area contributed by atoms with E-state index in [2.05, 4.69) is 16.9 Å². The average molecular weight is 518 g/mol. The minimum Gasteiger partial charge on any atom is -0.497 e. The fraction of sp³-hybridized carbons (Fsp3) is 0.483. The third kappa shape index (κ3) is 18.7. The molecule has 0 aliphatic rings. The molecule has 0 saturated carbocycles. The molecule has 0 saturated heterocycles. The first-order valence-corrected chi connectivity index (χ1v) is 12.7. The van der Waals surface area contributed by atoms with Gasteiger partial charge in [0.25, 0.3) is 0 Å². The van der Waals surface area contributed by atoms with Crippen LogP contribution in [0, 0.1) is 0 Å². The van der Waals surface area contributed by atoms with E-state index in [1.54, 1.807) is 38.3 Å². The van der Waals surface area contributed by atoms with Gasteiger partial charge in [0.1, 0.15) is 12.0 Å². The van der Waals surface area contributed by atoms with Crippen LogP contribution < -0.4 is 10.5 Å². The highest BCUT2D eigenvalue weighted by molar-refractivity contribution is 5.74. The number of hydrogen-bond acceptors (Lipinski definition) is 8. The molecule has 0 heterocycles. The van der Waals surface area contributed by atoms with E-state index >= 15 is 0 Å². The zero-order valence-electron chi connectivity index (χ0n) is 22.4. The van der Waals surface area contributed by atoms with E-state index in [-0.39, 0.29) is 18.5 Å². The van der Waals surface area contributed by atoms with Crippen molar-refractivity contribution in [3.05, 3.63) is 65.2 Å². The molecule has 8 nitrogen and oxygen atoms in total. The Morgan fingerprint density at radius 3 is 1.81 bits per heavy atom. The monoisotopic (exact) mass is 517 g/mol. The van der Waals surface area contributed by atoms with Crippen molar-refractivity contribution in [1.82, 2.24) is 0 Å². The van der Waals surface area contributed by atoms with Crippen LogP contribution in [0.5, 0.6) is 5.75 Å². The molecule has 2 aromatic rings. The predicted octanol–water partition coefficient (Wildman–Crippen LogP) is 4.64. The van der Waals surface area contributed by atoms with Crippen molar-refractivity contribution in [2.45, 2.75) is 65.4 Å². The molecule has 2 rings (SSSR count). The highest BCUT2D eigenvalue weighted by atomic mass is 16.5. The minimum atomic E-state index is -0.150. The lowest BCUT2D eigenvalue weighted by molar-refractivity contribution is -0.144. The SMILES string of the molecule is CCOC(=O)CCCCCc1ccc(OC)cc1.CCOC(=O)CCCN.O=Cc1ccc(CO)cc1. The van der Waals surface area contributed by atoms with Crippen LogP contribution in [-0.2, 0) is 32.1 Å². The lowest BCUT2D eigenvalue weighted by Gasteiger charge is -2.04. The summed E-state index contributed by atoms with van der Waals surface area (Å²) in [7, 11) is 1.67. The van der Waals surface area contributed by atoms with Gasteiger partial charge in [-0.1, -0.05) is 42.8 Å². The number of rotatable bonds is 14. The molecule has 8 heteroatoms. The first-order chi connectivity index (χ1) is 17.9. The second kappa shape index (κ2) is 23.2. The standard InChI is InChI=1S/C15H22O3.C8H8O2.C6H13NO2/c1-3-18-15(16)8-6-4-5-7-13-9-11-14(17-2)12-10-13;9-5-7-1-2-8(6-10)4-3-7;1-2-9-6(8)4-3-5-7/h9-12H,3-8H2,1-2H3;1-5,10H,6H2;2-5,7H2,1H3. The van der Waals surface area contributed by atoms with Crippen molar-refractivity contribution in [2.24, 2.45) is 5.73 Å². The summed E-state index contributed by atoms with van der Waals surface area (Å²) in [5.41, 5.74) is 7.94. The molecule has 0 radical (unpaired) electrons. The summed E-state index contributed by atoms with van der Waals surface area (Å²) >= 11 is 0. The maximum absolute atomic E-state index is 11.1. The van der Waals surface area contributed by atoms with Gasteiger partial charge >= 0.3 is 11.9 Å². The van der Waals surface area contributed by atoms with Gasteiger partial charge < -0.3 is 25.1 Å². The van der Waals surface area contributed by atoms with Gasteiger partial charge in [0, 0.05) is 18.4 Å². The van der Waals surface area contributed by atoms with E-state index in [0.29, 0.717) is 38.2 Å². The molecule has 0 bridgehead atoms. The number of unbranched alkanes of at least 4 members (excludes halogenated alkanes) is 2. The molecular formula is C29H43NO7. The Labute approximate surface area is 221 Å². The van der Waals surface area contributed by atoms with E-state index in [1.807, 2.05) is 19.1 Å². The number of ether oxygens (including phenoxy) is 3. The predicted molar refractivity (Wildman–Crippen MR) is 144 cm³/mol. The van der Waals surface area contributed by atoms with Gasteiger partial charge in [-0.2, -0.15) is 0 Å². The first-order valence-electron chi connectivity index (χ1n) is 12.7. The Morgan fingerprint density at radius 1 is 0.811 bits per heavy atom. The van der Waals surface area contributed by atoms with Crippen LogP contribution in [-0.4, -0.2) is 50.2 Å². The van der Waals surface area contributed by atoms with Gasteiger partial charge in [-0.3, -0.25) is 14.4 Å². The number of carbonyl (C=O) groups is 3. The molecule has 0 spiro atoms. The summed E-state index contributed by atoms with van der Waals surface area (Å²) in [4.78, 5) is 31.8. The van der Waals surface area contributed by atoms with Crippen LogP contribution in [0.2, 0.25) is 0 Å². The number of methoxy groups -OCH3 is 1. The fourth-order valence-electron chi connectivity index (χ4n) is 2.98. The Bertz CT molecular complexity index is 852. The number of aliphatic hydroxyl groups is 1. The molecular weight excluding hydrogens is 474 g/mol. The normalized spacial score (nSPS) is 9.65. The molecule has 0 amide bonds. The van der Waals surface area contributed by atoms with Gasteiger partial charge in [-0.15, -0.1) is 0 Å². The van der Waals surface area contributed by atoms with Crippen LogP contribution in [0.15, 0.2) is 48.5 Å². The number of aryl methyl sites for hydroxylation is 1. The second-order valence-electron chi connectivity index (χ2n) is 7.93. The second-order valence-corrected chi connectivity index (χ2v) is 7.93. The van der Waals surface area contributed by atoms with Crippen molar-refractivity contribution in [1.29, 1.82) is 0 Å². The number of aldehydes is 1. The Kier molecular flexibility index (Phi) is 21.2. The average Bonchev–Trinajstić information content (AvgIpc) is 2.93. The molecule has 37 heavy (non-hydrogen) atoms. The Hall–Kier alpha value is -3.23. The fourth-order valence-corrected chi connectivity index (χ4v) is 2.98. The number of esters is 2. The summed E-state index contributed by atoms with van der Waals surface area (Å²) in [6.07, 6.45) is 6.61. The zero-order chi connectivity index (χ0) is 27.7. The van der Waals surface area contributed by atoms with Crippen LogP contribution in [0.4, 0.5) is 0 Å². The van der Waals surface area contributed by atoms with Gasteiger partial charge in [-0.25, -0.2) is 0 Å². The summed E-state index contributed by atoms with van der Waals surface area (Å²) in [6.45, 7) is 5.15. The molecule has 0 unspecified atom stereocenters. The summed E-state index contributed by atoms with van der Waals surface area (Å²) in [5, 5.41) is 8.61. The number of carbonyl (C=O) groups excluding carboxylic acids is 3. The first kappa shape index (κ1) is 33.8. The quantitative estimate of drug-likeness (QED) is 0.211. The van der Waals surface area contributed by atoms with Crippen LogP contribution >= 0.6 is 0 Å². The Balaban J connectivity index is 0.000000577. The molecule has 0 aliphatic carbocycles. The maximum Gasteiger partial charge on any atom is 0.305 e. The molecule has 206 valence electrons.